The molecule has 0 bridgehead atoms. The summed E-state index contributed by atoms with van der Waals surface area (Å²) in [6, 6.07) is 0. The van der Waals surface area contributed by atoms with Crippen LogP contribution in [0.3, 0.4) is 0 Å². The van der Waals surface area contributed by atoms with Crippen LogP contribution in [-0.2, 0) is 0 Å². The lowest BCUT2D eigenvalue weighted by Gasteiger charge is -2.30. The van der Waals surface area contributed by atoms with Crippen LogP contribution in [0.2, 0.25) is 0 Å². The Bertz CT molecular complexity index is 234. The first-order valence-corrected chi connectivity index (χ1v) is 11.7. The predicted molar refractivity (Wildman–Crippen MR) is 111 cm³/mol. The van der Waals surface area contributed by atoms with Crippen LogP contribution in [0.25, 0.3) is 0 Å². The second-order valence-electron chi connectivity index (χ2n) is 7.82. The van der Waals surface area contributed by atoms with E-state index in [-0.39, 0.29) is 17.0 Å². The molecule has 0 aliphatic heterocycles. The van der Waals surface area contributed by atoms with Gasteiger partial charge in [-0.25, -0.2) is 0 Å². The summed E-state index contributed by atoms with van der Waals surface area (Å²) in [5, 5.41) is 0. The maximum absolute atomic E-state index is 2.43. The highest BCUT2D eigenvalue weighted by Gasteiger charge is 2.13. The molecule has 1 nitrogen and oxygen atoms in total. The minimum Gasteiger partial charge on any atom is -1.00 e. The molecule has 0 aromatic heterocycles. The number of nitrogens with zero attached hydrogens (tertiary/aromatic N) is 1. The van der Waals surface area contributed by atoms with Crippen LogP contribution in [0.15, 0.2) is 0 Å². The predicted octanol–water partition coefficient (Wildman–Crippen LogP) is 3.91. The highest BCUT2D eigenvalue weighted by Crippen LogP contribution is 2.13. The smallest absolute Gasteiger partial charge is 0.0782 e. The van der Waals surface area contributed by atoms with Gasteiger partial charge in [-0.05, 0) is 43.6 Å². The van der Waals surface area contributed by atoms with Gasteiger partial charge in [0.15, 0.2) is 0 Å². The van der Waals surface area contributed by atoms with Crippen molar-refractivity contribution in [2.24, 2.45) is 0 Å². The van der Waals surface area contributed by atoms with Gasteiger partial charge in [-0.15, -0.1) is 0 Å². The van der Waals surface area contributed by atoms with Gasteiger partial charge < -0.3 is 21.5 Å². The third-order valence-electron chi connectivity index (χ3n) is 4.87. The number of rotatable bonds is 18. The van der Waals surface area contributed by atoms with Crippen LogP contribution < -0.4 is 17.0 Å². The summed E-state index contributed by atoms with van der Waals surface area (Å²) >= 11 is 2.09. The highest BCUT2D eigenvalue weighted by atomic mass is 79.9. The largest absolute Gasteiger partial charge is 1.00 e. The molecule has 0 unspecified atom stereocenters. The second-order valence-corrected chi connectivity index (χ2v) is 9.22. The van der Waals surface area contributed by atoms with Gasteiger partial charge in [-0.2, -0.15) is 11.8 Å². The van der Waals surface area contributed by atoms with Gasteiger partial charge in [0.1, 0.15) is 0 Å². The van der Waals surface area contributed by atoms with Gasteiger partial charge in [0.2, 0.25) is 0 Å². The average molecular weight is 425 g/mol. The van der Waals surface area contributed by atoms with Crippen molar-refractivity contribution < 1.29 is 21.5 Å². The molecule has 0 aliphatic carbocycles. The van der Waals surface area contributed by atoms with Gasteiger partial charge in [-0.3, -0.25) is 0 Å². The van der Waals surface area contributed by atoms with E-state index < -0.39 is 0 Å². The maximum Gasteiger partial charge on any atom is 0.0782 e. The van der Waals surface area contributed by atoms with Crippen molar-refractivity contribution in [1.82, 2.24) is 0 Å². The van der Waals surface area contributed by atoms with Crippen LogP contribution in [0.4, 0.5) is 0 Å². The Labute approximate surface area is 169 Å². The van der Waals surface area contributed by atoms with E-state index in [2.05, 4.69) is 39.7 Å². The third-order valence-corrected chi connectivity index (χ3v) is 5.86. The Morgan fingerprint density at radius 2 is 1.00 bits per heavy atom. The first-order valence-electron chi connectivity index (χ1n) is 10.5. The summed E-state index contributed by atoms with van der Waals surface area (Å²) in [4.78, 5) is 0. The van der Waals surface area contributed by atoms with Crippen molar-refractivity contribution in [3.63, 3.8) is 0 Å². The summed E-state index contributed by atoms with van der Waals surface area (Å²) in [5.41, 5.74) is 0. The molecule has 148 valence electrons. The molecule has 0 rings (SSSR count). The van der Waals surface area contributed by atoms with E-state index in [1.807, 2.05) is 0 Å². The number of quaternary nitrogens is 1. The molecule has 0 atom stereocenters. The second kappa shape index (κ2) is 20.1. The summed E-state index contributed by atoms with van der Waals surface area (Å²) in [6.07, 6.45) is 18.7. The Morgan fingerprint density at radius 3 is 1.46 bits per heavy atom. The SMILES string of the molecule is CCCCCCCCCCCC[N+](C)(C)CCCCCSCC.[Br-]. The van der Waals surface area contributed by atoms with E-state index in [9.17, 15) is 0 Å². The number of hydrogen-bond acceptors (Lipinski definition) is 1. The quantitative estimate of drug-likeness (QED) is 0.237. The van der Waals surface area contributed by atoms with E-state index in [0.717, 1.165) is 0 Å². The molecule has 0 radical (unpaired) electrons. The lowest BCUT2D eigenvalue weighted by molar-refractivity contribution is -0.890. The molecule has 0 saturated heterocycles. The molecule has 0 N–H and O–H groups in total. The van der Waals surface area contributed by atoms with E-state index in [4.69, 9.17) is 0 Å². The van der Waals surface area contributed by atoms with Crippen LogP contribution in [-0.4, -0.2) is 43.2 Å². The van der Waals surface area contributed by atoms with Gasteiger partial charge in [0, 0.05) is 0 Å². The summed E-state index contributed by atoms with van der Waals surface area (Å²) < 4.78 is 1.23. The van der Waals surface area contributed by atoms with Crippen LogP contribution in [0.1, 0.15) is 97.3 Å². The Kier molecular flexibility index (Phi) is 22.6. The van der Waals surface area contributed by atoms with Gasteiger partial charge in [0.25, 0.3) is 0 Å². The fourth-order valence-electron chi connectivity index (χ4n) is 3.20. The Morgan fingerprint density at radius 1 is 0.583 bits per heavy atom. The molecule has 3 heteroatoms. The number of halogens is 1. The molecule has 0 amide bonds. The van der Waals surface area contributed by atoms with Crippen molar-refractivity contribution >= 4 is 11.8 Å². The first-order chi connectivity index (χ1) is 11.1. The number of unbranched alkanes of at least 4 members (excludes halogenated alkanes) is 11. The molecular formula is C21H46BrNS. The zero-order valence-corrected chi connectivity index (χ0v) is 19.7. The summed E-state index contributed by atoms with van der Waals surface area (Å²) in [6.45, 7) is 7.30. The molecule has 0 aromatic carbocycles. The maximum atomic E-state index is 2.43. The molecule has 0 aliphatic rings. The van der Waals surface area contributed by atoms with E-state index in [1.54, 1.807) is 0 Å². The van der Waals surface area contributed by atoms with Crippen molar-refractivity contribution in [2.45, 2.75) is 97.3 Å². The molecule has 0 aromatic rings. The van der Waals surface area contributed by atoms with Crippen molar-refractivity contribution in [3.05, 3.63) is 0 Å². The monoisotopic (exact) mass is 423 g/mol. The van der Waals surface area contributed by atoms with Crippen LogP contribution in [0, 0.1) is 0 Å². The van der Waals surface area contributed by atoms with Gasteiger partial charge >= 0.3 is 0 Å². The standard InChI is InChI=1S/C21H46NS.BrH/c1-5-7-8-9-10-11-12-13-14-16-19-22(3,4)20-17-15-18-21-23-6-2;/h5-21H2,1-4H3;1H/q+1;/p-1. The molecule has 0 spiro atoms. The minimum atomic E-state index is 0. The molecule has 0 heterocycles. The Hall–Kier alpha value is 0.790. The van der Waals surface area contributed by atoms with E-state index in [0.29, 0.717) is 0 Å². The van der Waals surface area contributed by atoms with Crippen molar-refractivity contribution in [3.8, 4) is 0 Å². The average Bonchev–Trinajstić information content (AvgIpc) is 2.52. The summed E-state index contributed by atoms with van der Waals surface area (Å²) in [7, 11) is 4.85. The van der Waals surface area contributed by atoms with Crippen LogP contribution in [0.5, 0.6) is 0 Å². The molecule has 0 saturated carbocycles. The van der Waals surface area contributed by atoms with E-state index in [1.165, 1.54) is 113 Å². The topological polar surface area (TPSA) is 0 Å². The fraction of sp³-hybridized carbons (Fsp3) is 1.00. The lowest BCUT2D eigenvalue weighted by Crippen LogP contribution is -3.00. The zero-order chi connectivity index (χ0) is 17.2. The van der Waals surface area contributed by atoms with Gasteiger partial charge in [0.05, 0.1) is 27.2 Å². The highest BCUT2D eigenvalue weighted by molar-refractivity contribution is 7.99. The Balaban J connectivity index is 0. The third kappa shape index (κ3) is 20.8. The van der Waals surface area contributed by atoms with Crippen molar-refractivity contribution in [2.75, 3.05) is 38.7 Å². The molecule has 0 fully saturated rings. The zero-order valence-electron chi connectivity index (χ0n) is 17.3. The minimum absolute atomic E-state index is 0. The molecule has 24 heavy (non-hydrogen) atoms. The normalized spacial score (nSPS) is 11.5. The lowest BCUT2D eigenvalue weighted by atomic mass is 10.1. The van der Waals surface area contributed by atoms with Crippen molar-refractivity contribution in [1.29, 1.82) is 0 Å². The number of hydrogen-bond donors (Lipinski definition) is 0. The molecular weight excluding hydrogens is 378 g/mol. The summed E-state index contributed by atoms with van der Waals surface area (Å²) in [5.74, 6) is 2.64. The van der Waals surface area contributed by atoms with E-state index >= 15 is 0 Å². The van der Waals surface area contributed by atoms with Gasteiger partial charge in [-0.1, -0.05) is 65.2 Å². The number of thioether (sulfide) groups is 1. The fourth-order valence-corrected chi connectivity index (χ4v) is 3.90. The first kappa shape index (κ1) is 27.0. The van der Waals surface area contributed by atoms with Crippen LogP contribution >= 0.6 is 11.8 Å².